The number of para-hydroxylation sites is 1. The summed E-state index contributed by atoms with van der Waals surface area (Å²) in [6.45, 7) is 6.95. The van der Waals surface area contributed by atoms with E-state index < -0.39 is 0 Å². The van der Waals surface area contributed by atoms with E-state index in [0.29, 0.717) is 0 Å². The highest BCUT2D eigenvalue weighted by Crippen LogP contribution is 2.41. The number of fused-ring (bicyclic) bond motifs is 6. The van der Waals surface area contributed by atoms with Crippen LogP contribution in [0.15, 0.2) is 46.4 Å². The van der Waals surface area contributed by atoms with Gasteiger partial charge in [-0.3, -0.25) is 0 Å². The summed E-state index contributed by atoms with van der Waals surface area (Å²) >= 11 is 0. The molecule has 1 aliphatic carbocycles. The summed E-state index contributed by atoms with van der Waals surface area (Å²) < 4.78 is 8.45. The molecule has 2 heteroatoms. The van der Waals surface area contributed by atoms with E-state index >= 15 is 0 Å². The molecule has 0 fully saturated rings. The molecule has 2 nitrogen and oxygen atoms in total. The lowest BCUT2D eigenvalue weighted by Gasteiger charge is -2.26. The molecule has 0 unspecified atom stereocenters. The van der Waals surface area contributed by atoms with Crippen LogP contribution >= 0.6 is 0 Å². The molecule has 0 N–H and O–H groups in total. The Kier molecular flexibility index (Phi) is 2.84. The van der Waals surface area contributed by atoms with Gasteiger partial charge in [0.15, 0.2) is 0 Å². The highest BCUT2D eigenvalue weighted by Gasteiger charge is 2.25. The molecular formula is C23H23NO. The highest BCUT2D eigenvalue weighted by molar-refractivity contribution is 6.11. The average Bonchev–Trinajstić information content (AvgIpc) is 3.08. The zero-order valence-electron chi connectivity index (χ0n) is 15.3. The third kappa shape index (κ3) is 2.03. The summed E-state index contributed by atoms with van der Waals surface area (Å²) in [5.74, 6) is 0. The fourth-order valence-electron chi connectivity index (χ4n) is 4.29. The van der Waals surface area contributed by atoms with Gasteiger partial charge in [0.05, 0.1) is 5.52 Å². The molecule has 1 aliphatic rings. The standard InChI is InChI=1S/C23H23NO/c1-23(2,3)14-9-10-19-16(11-14)17-12-18-15-7-5-6-8-21(15)25-22(18)13-20(17)24(19)4/h5-8,11-13H,9-10H2,1-4H3. The second-order valence-corrected chi connectivity index (χ2v) is 8.30. The van der Waals surface area contributed by atoms with Crippen LogP contribution in [0.3, 0.4) is 0 Å². The van der Waals surface area contributed by atoms with Gasteiger partial charge in [-0.05, 0) is 30.4 Å². The Morgan fingerprint density at radius 1 is 0.920 bits per heavy atom. The van der Waals surface area contributed by atoms with Crippen molar-refractivity contribution in [1.82, 2.24) is 4.57 Å². The largest absolute Gasteiger partial charge is 0.456 e. The number of aromatic nitrogens is 1. The molecule has 5 rings (SSSR count). The van der Waals surface area contributed by atoms with E-state index in [-0.39, 0.29) is 5.41 Å². The molecule has 126 valence electrons. The van der Waals surface area contributed by atoms with Crippen LogP contribution in [0.4, 0.5) is 0 Å². The summed E-state index contributed by atoms with van der Waals surface area (Å²) in [4.78, 5) is 0. The van der Waals surface area contributed by atoms with Crippen LogP contribution in [0, 0.1) is 5.41 Å². The SMILES string of the molecule is Cn1c2c(c3cc4c(cc31)oc1ccccc14)C=C(C(C)(C)C)CC2. The van der Waals surface area contributed by atoms with Gasteiger partial charge in [-0.1, -0.05) is 50.6 Å². The minimum atomic E-state index is 0.228. The molecule has 0 spiro atoms. The van der Waals surface area contributed by atoms with Gasteiger partial charge >= 0.3 is 0 Å². The molecule has 2 aromatic heterocycles. The molecule has 0 radical (unpaired) electrons. The Labute approximate surface area is 147 Å². The van der Waals surface area contributed by atoms with E-state index in [1.807, 2.05) is 12.1 Å². The minimum Gasteiger partial charge on any atom is -0.456 e. The zero-order chi connectivity index (χ0) is 17.3. The number of aryl methyl sites for hydroxylation is 1. The third-order valence-corrected chi connectivity index (χ3v) is 5.78. The smallest absolute Gasteiger partial charge is 0.137 e. The average molecular weight is 329 g/mol. The Morgan fingerprint density at radius 3 is 2.52 bits per heavy atom. The number of nitrogens with zero attached hydrogens (tertiary/aromatic N) is 1. The van der Waals surface area contributed by atoms with Crippen molar-refractivity contribution < 1.29 is 4.42 Å². The number of allylic oxidation sites excluding steroid dienone is 1. The molecule has 0 aliphatic heterocycles. The maximum atomic E-state index is 6.09. The molecular weight excluding hydrogens is 306 g/mol. The van der Waals surface area contributed by atoms with Crippen molar-refractivity contribution >= 4 is 38.9 Å². The van der Waals surface area contributed by atoms with Crippen LogP contribution in [-0.4, -0.2) is 4.57 Å². The molecule has 0 bridgehead atoms. The molecule has 0 saturated carbocycles. The first-order valence-electron chi connectivity index (χ1n) is 9.07. The predicted molar refractivity (Wildman–Crippen MR) is 106 cm³/mol. The van der Waals surface area contributed by atoms with Gasteiger partial charge in [0, 0.05) is 40.5 Å². The normalized spacial score (nSPS) is 15.1. The van der Waals surface area contributed by atoms with Crippen molar-refractivity contribution in [3.05, 3.63) is 53.2 Å². The number of rotatable bonds is 0. The summed E-state index contributed by atoms with van der Waals surface area (Å²) in [7, 11) is 2.19. The zero-order valence-corrected chi connectivity index (χ0v) is 15.3. The first-order valence-corrected chi connectivity index (χ1v) is 9.07. The van der Waals surface area contributed by atoms with Crippen LogP contribution in [0.1, 0.15) is 38.4 Å². The molecule has 25 heavy (non-hydrogen) atoms. The van der Waals surface area contributed by atoms with E-state index in [1.54, 1.807) is 5.57 Å². The summed E-state index contributed by atoms with van der Waals surface area (Å²) in [6, 6.07) is 12.9. The van der Waals surface area contributed by atoms with Gasteiger partial charge in [0.25, 0.3) is 0 Å². The van der Waals surface area contributed by atoms with Gasteiger partial charge < -0.3 is 8.98 Å². The maximum Gasteiger partial charge on any atom is 0.137 e. The lowest BCUT2D eigenvalue weighted by Crippen LogP contribution is -2.14. The fourth-order valence-corrected chi connectivity index (χ4v) is 4.29. The van der Waals surface area contributed by atoms with Crippen molar-refractivity contribution in [1.29, 1.82) is 0 Å². The van der Waals surface area contributed by atoms with Gasteiger partial charge in [-0.25, -0.2) is 0 Å². The summed E-state index contributed by atoms with van der Waals surface area (Å²) in [6.07, 6.45) is 4.71. The molecule has 4 aromatic rings. The minimum absolute atomic E-state index is 0.228. The van der Waals surface area contributed by atoms with Crippen molar-refractivity contribution in [2.45, 2.75) is 33.6 Å². The van der Waals surface area contributed by atoms with E-state index in [9.17, 15) is 0 Å². The van der Waals surface area contributed by atoms with Gasteiger partial charge in [0.1, 0.15) is 11.2 Å². The van der Waals surface area contributed by atoms with Crippen LogP contribution in [-0.2, 0) is 13.5 Å². The highest BCUT2D eigenvalue weighted by atomic mass is 16.3. The Balaban J connectivity index is 1.88. The van der Waals surface area contributed by atoms with Crippen LogP contribution in [0.5, 0.6) is 0 Å². The van der Waals surface area contributed by atoms with Crippen molar-refractivity contribution in [2.24, 2.45) is 12.5 Å². The number of hydrogen-bond acceptors (Lipinski definition) is 1. The van der Waals surface area contributed by atoms with Crippen LogP contribution in [0.25, 0.3) is 38.9 Å². The molecule has 0 amide bonds. The van der Waals surface area contributed by atoms with Crippen molar-refractivity contribution in [3.63, 3.8) is 0 Å². The monoisotopic (exact) mass is 329 g/mol. The van der Waals surface area contributed by atoms with Crippen molar-refractivity contribution in [2.75, 3.05) is 0 Å². The quantitative estimate of drug-likeness (QED) is 0.362. The first kappa shape index (κ1) is 14.8. The topological polar surface area (TPSA) is 18.1 Å². The Bertz CT molecular complexity index is 1180. The van der Waals surface area contributed by atoms with Gasteiger partial charge in [0.2, 0.25) is 0 Å². The summed E-state index contributed by atoms with van der Waals surface area (Å²) in [5, 5.41) is 3.76. The van der Waals surface area contributed by atoms with Crippen LogP contribution < -0.4 is 0 Å². The maximum absolute atomic E-state index is 6.09. The first-order chi connectivity index (χ1) is 11.9. The van der Waals surface area contributed by atoms with Gasteiger partial charge in [-0.15, -0.1) is 0 Å². The summed E-state index contributed by atoms with van der Waals surface area (Å²) in [5.41, 5.74) is 7.83. The third-order valence-electron chi connectivity index (χ3n) is 5.78. The van der Waals surface area contributed by atoms with Crippen molar-refractivity contribution in [3.8, 4) is 0 Å². The Hall–Kier alpha value is -2.48. The lowest BCUT2D eigenvalue weighted by molar-refractivity contribution is 0.482. The second-order valence-electron chi connectivity index (χ2n) is 8.30. The van der Waals surface area contributed by atoms with E-state index in [4.69, 9.17) is 4.42 Å². The number of furan rings is 1. The van der Waals surface area contributed by atoms with E-state index in [2.05, 4.69) is 62.7 Å². The molecule has 2 heterocycles. The van der Waals surface area contributed by atoms with Crippen LogP contribution in [0.2, 0.25) is 0 Å². The van der Waals surface area contributed by atoms with Gasteiger partial charge in [-0.2, -0.15) is 0 Å². The number of hydrogen-bond donors (Lipinski definition) is 0. The lowest BCUT2D eigenvalue weighted by atomic mass is 9.79. The second kappa shape index (κ2) is 4.78. The molecule has 0 saturated heterocycles. The predicted octanol–water partition coefficient (Wildman–Crippen LogP) is 6.45. The van der Waals surface area contributed by atoms with E-state index in [0.717, 1.165) is 24.0 Å². The fraction of sp³-hybridized carbons (Fsp3) is 0.304. The molecule has 0 atom stereocenters. The number of benzene rings is 2. The van der Waals surface area contributed by atoms with E-state index in [1.165, 1.54) is 32.9 Å². The molecule has 2 aromatic carbocycles. The Morgan fingerprint density at radius 2 is 1.72 bits per heavy atom.